The van der Waals surface area contributed by atoms with Crippen molar-refractivity contribution >= 4 is 15.7 Å². The zero-order valence-electron chi connectivity index (χ0n) is 11.5. The molecule has 0 heterocycles. The highest BCUT2D eigenvalue weighted by Crippen LogP contribution is 2.26. The molecule has 0 saturated carbocycles. The minimum absolute atomic E-state index is 0.0987. The maximum Gasteiger partial charge on any atom is 0.262 e. The van der Waals surface area contributed by atoms with Gasteiger partial charge in [0.2, 0.25) is 0 Å². The third-order valence-corrected chi connectivity index (χ3v) is 5.55. The number of hydrogen-bond donors (Lipinski definition) is 2. The number of hydroxylamine groups is 1. The number of aryl methyl sites for hydroxylation is 3. The first-order valence-electron chi connectivity index (χ1n) is 6.01. The standard InChI is InChI=1S/C13H19NO4S/c1-5-11(13(15)14-16)19(17,18)12-9(3)6-8(2)7-10(12)4/h6-7,11,16H,5H2,1-4H3,(H,14,15). The summed E-state index contributed by atoms with van der Waals surface area (Å²) in [7, 11) is -3.81. The second-order valence-electron chi connectivity index (χ2n) is 4.65. The van der Waals surface area contributed by atoms with Crippen LogP contribution in [0.15, 0.2) is 17.0 Å². The van der Waals surface area contributed by atoms with E-state index in [0.717, 1.165) is 5.56 Å². The molecule has 19 heavy (non-hydrogen) atoms. The lowest BCUT2D eigenvalue weighted by Gasteiger charge is -2.18. The predicted molar refractivity (Wildman–Crippen MR) is 71.8 cm³/mol. The monoisotopic (exact) mass is 285 g/mol. The van der Waals surface area contributed by atoms with Crippen LogP contribution in [0.3, 0.4) is 0 Å². The Morgan fingerprint density at radius 3 is 2.11 bits per heavy atom. The van der Waals surface area contributed by atoms with Crippen LogP contribution in [-0.2, 0) is 14.6 Å². The molecule has 1 amide bonds. The number of rotatable bonds is 4. The van der Waals surface area contributed by atoms with Gasteiger partial charge in [0.05, 0.1) is 4.90 Å². The van der Waals surface area contributed by atoms with E-state index < -0.39 is 21.0 Å². The van der Waals surface area contributed by atoms with Gasteiger partial charge in [0, 0.05) is 0 Å². The number of benzene rings is 1. The first-order valence-corrected chi connectivity index (χ1v) is 7.56. The summed E-state index contributed by atoms with van der Waals surface area (Å²) in [6.45, 7) is 6.89. The zero-order valence-corrected chi connectivity index (χ0v) is 12.3. The third-order valence-electron chi connectivity index (χ3n) is 3.04. The Morgan fingerprint density at radius 1 is 1.26 bits per heavy atom. The molecule has 0 saturated heterocycles. The van der Waals surface area contributed by atoms with E-state index in [9.17, 15) is 13.2 Å². The Kier molecular flexibility index (Phi) is 4.70. The summed E-state index contributed by atoms with van der Waals surface area (Å²) in [4.78, 5) is 11.7. The molecule has 0 radical (unpaired) electrons. The van der Waals surface area contributed by atoms with Crippen molar-refractivity contribution in [2.45, 2.75) is 44.3 Å². The van der Waals surface area contributed by atoms with Crippen molar-refractivity contribution in [1.29, 1.82) is 0 Å². The van der Waals surface area contributed by atoms with Gasteiger partial charge in [0.15, 0.2) is 9.84 Å². The van der Waals surface area contributed by atoms with Gasteiger partial charge in [0.25, 0.3) is 5.91 Å². The minimum Gasteiger partial charge on any atom is -0.289 e. The second kappa shape index (κ2) is 5.71. The van der Waals surface area contributed by atoms with Crippen molar-refractivity contribution in [2.24, 2.45) is 0 Å². The van der Waals surface area contributed by atoms with Gasteiger partial charge < -0.3 is 0 Å². The Morgan fingerprint density at radius 2 is 1.74 bits per heavy atom. The normalized spacial score (nSPS) is 13.1. The highest BCUT2D eigenvalue weighted by atomic mass is 32.2. The van der Waals surface area contributed by atoms with Gasteiger partial charge in [-0.3, -0.25) is 10.0 Å². The molecule has 1 atom stereocenters. The molecule has 0 aromatic heterocycles. The molecular formula is C13H19NO4S. The summed E-state index contributed by atoms with van der Waals surface area (Å²) in [6, 6.07) is 3.53. The highest BCUT2D eigenvalue weighted by Gasteiger charge is 2.34. The van der Waals surface area contributed by atoms with E-state index in [4.69, 9.17) is 5.21 Å². The molecule has 5 nitrogen and oxygen atoms in total. The Balaban J connectivity index is 3.47. The summed E-state index contributed by atoms with van der Waals surface area (Å²) >= 11 is 0. The predicted octanol–water partition coefficient (Wildman–Crippen LogP) is 1.67. The van der Waals surface area contributed by atoms with Crippen LogP contribution in [0.2, 0.25) is 0 Å². The van der Waals surface area contributed by atoms with Crippen LogP contribution in [0.5, 0.6) is 0 Å². The lowest BCUT2D eigenvalue weighted by Crippen LogP contribution is -2.38. The summed E-state index contributed by atoms with van der Waals surface area (Å²) < 4.78 is 25.1. The second-order valence-corrected chi connectivity index (χ2v) is 6.71. The summed E-state index contributed by atoms with van der Waals surface area (Å²) in [5.41, 5.74) is 3.62. The molecule has 0 aliphatic carbocycles. The van der Waals surface area contributed by atoms with E-state index in [-0.39, 0.29) is 11.3 Å². The average Bonchev–Trinajstić information content (AvgIpc) is 2.27. The van der Waals surface area contributed by atoms with Gasteiger partial charge in [0.1, 0.15) is 5.25 Å². The van der Waals surface area contributed by atoms with Gasteiger partial charge in [-0.1, -0.05) is 24.6 Å². The van der Waals surface area contributed by atoms with E-state index in [2.05, 4.69) is 0 Å². The lowest BCUT2D eigenvalue weighted by molar-refractivity contribution is -0.128. The summed E-state index contributed by atoms with van der Waals surface area (Å²) in [5, 5.41) is 7.39. The maximum atomic E-state index is 12.5. The molecule has 106 valence electrons. The molecule has 1 unspecified atom stereocenters. The molecule has 0 bridgehead atoms. The number of carbonyl (C=O) groups excluding carboxylic acids is 1. The smallest absolute Gasteiger partial charge is 0.262 e. The summed E-state index contributed by atoms with van der Waals surface area (Å²) in [5.74, 6) is -0.901. The van der Waals surface area contributed by atoms with Crippen molar-refractivity contribution in [3.63, 3.8) is 0 Å². The van der Waals surface area contributed by atoms with Crippen LogP contribution in [-0.4, -0.2) is 24.8 Å². The largest absolute Gasteiger partial charge is 0.289 e. The molecular weight excluding hydrogens is 266 g/mol. The van der Waals surface area contributed by atoms with Crippen molar-refractivity contribution in [1.82, 2.24) is 5.48 Å². The zero-order chi connectivity index (χ0) is 14.8. The SMILES string of the molecule is CCC(C(=O)NO)S(=O)(=O)c1c(C)cc(C)cc1C. The van der Waals surface area contributed by atoms with Gasteiger partial charge in [-0.25, -0.2) is 13.9 Å². The molecule has 0 spiro atoms. The number of amides is 1. The van der Waals surface area contributed by atoms with Crippen LogP contribution in [0.25, 0.3) is 0 Å². The van der Waals surface area contributed by atoms with Crippen molar-refractivity contribution in [3.8, 4) is 0 Å². The quantitative estimate of drug-likeness (QED) is 0.651. The molecule has 1 aromatic rings. The van der Waals surface area contributed by atoms with Crippen LogP contribution < -0.4 is 5.48 Å². The van der Waals surface area contributed by atoms with E-state index in [1.165, 1.54) is 5.48 Å². The Bertz CT molecular complexity index is 570. The van der Waals surface area contributed by atoms with Gasteiger partial charge in [-0.05, 0) is 38.3 Å². The van der Waals surface area contributed by atoms with Crippen molar-refractivity contribution in [2.75, 3.05) is 0 Å². The Labute approximate surface area is 113 Å². The van der Waals surface area contributed by atoms with E-state index in [1.807, 2.05) is 6.92 Å². The minimum atomic E-state index is -3.81. The van der Waals surface area contributed by atoms with Crippen molar-refractivity contribution in [3.05, 3.63) is 28.8 Å². The third kappa shape index (κ3) is 2.96. The topological polar surface area (TPSA) is 83.5 Å². The maximum absolute atomic E-state index is 12.5. The fourth-order valence-corrected chi connectivity index (χ4v) is 4.45. The van der Waals surface area contributed by atoms with Crippen LogP contribution >= 0.6 is 0 Å². The van der Waals surface area contributed by atoms with E-state index in [0.29, 0.717) is 11.1 Å². The molecule has 1 rings (SSSR count). The number of hydrogen-bond acceptors (Lipinski definition) is 4. The number of sulfone groups is 1. The van der Waals surface area contributed by atoms with Crippen LogP contribution in [0.4, 0.5) is 0 Å². The van der Waals surface area contributed by atoms with Crippen molar-refractivity contribution < 1.29 is 18.4 Å². The molecule has 1 aromatic carbocycles. The lowest BCUT2D eigenvalue weighted by atomic mass is 10.1. The van der Waals surface area contributed by atoms with E-state index in [1.54, 1.807) is 32.9 Å². The van der Waals surface area contributed by atoms with Gasteiger partial charge >= 0.3 is 0 Å². The van der Waals surface area contributed by atoms with Crippen LogP contribution in [0, 0.1) is 20.8 Å². The molecule has 0 fully saturated rings. The van der Waals surface area contributed by atoms with Gasteiger partial charge in [-0.15, -0.1) is 0 Å². The number of nitrogens with one attached hydrogen (secondary N) is 1. The number of carbonyl (C=O) groups is 1. The van der Waals surface area contributed by atoms with Gasteiger partial charge in [-0.2, -0.15) is 0 Å². The first-order chi connectivity index (χ1) is 8.75. The Hall–Kier alpha value is -1.40. The highest BCUT2D eigenvalue weighted by molar-refractivity contribution is 7.93. The summed E-state index contributed by atoms with van der Waals surface area (Å²) in [6.07, 6.45) is 0.0987. The first kappa shape index (κ1) is 15.7. The molecule has 0 aliphatic heterocycles. The van der Waals surface area contributed by atoms with E-state index >= 15 is 0 Å². The fourth-order valence-electron chi connectivity index (χ4n) is 2.38. The fraction of sp³-hybridized carbons (Fsp3) is 0.462. The van der Waals surface area contributed by atoms with Crippen LogP contribution in [0.1, 0.15) is 30.0 Å². The molecule has 6 heteroatoms. The average molecular weight is 285 g/mol. The molecule has 0 aliphatic rings. The molecule has 2 N–H and O–H groups in total.